The minimum absolute atomic E-state index is 0.162. The zero-order chi connectivity index (χ0) is 14.1. The summed E-state index contributed by atoms with van der Waals surface area (Å²) in [5.74, 6) is 0.390. The summed E-state index contributed by atoms with van der Waals surface area (Å²) in [6, 6.07) is 7.10. The molecule has 104 valence electrons. The van der Waals surface area contributed by atoms with E-state index in [-0.39, 0.29) is 12.0 Å². The molecule has 0 spiro atoms. The molecule has 0 aliphatic heterocycles. The Morgan fingerprint density at radius 1 is 1.53 bits per heavy atom. The average Bonchev–Trinajstić information content (AvgIpc) is 2.41. The molecule has 1 rings (SSSR count). The second-order valence-electron chi connectivity index (χ2n) is 4.34. The third-order valence-corrected chi connectivity index (χ3v) is 2.57. The number of hydrogen-bond donors (Lipinski definition) is 2. The number of carbonyl (C=O) groups excluding carboxylic acids is 1. The molecule has 1 atom stereocenters. The monoisotopic (exact) mass is 263 g/mol. The summed E-state index contributed by atoms with van der Waals surface area (Å²) in [5.41, 5.74) is 0.515. The zero-order valence-corrected chi connectivity index (χ0v) is 11.3. The van der Waals surface area contributed by atoms with Crippen molar-refractivity contribution in [3.05, 3.63) is 42.5 Å². The molecule has 1 amide bonds. The number of amides is 1. The largest absolute Gasteiger partial charge is 0.489 e. The van der Waals surface area contributed by atoms with Gasteiger partial charge in [-0.3, -0.25) is 4.79 Å². The van der Waals surface area contributed by atoms with Gasteiger partial charge in [-0.1, -0.05) is 24.8 Å². The Bertz CT molecular complexity index is 416. The van der Waals surface area contributed by atoms with Gasteiger partial charge in [-0.2, -0.15) is 0 Å². The molecule has 2 N–H and O–H groups in total. The fraction of sp³-hybridized carbons (Fsp3) is 0.400. The Kier molecular flexibility index (Phi) is 6.68. The SMILES string of the molecule is C=CCOc1ccccc1C(=O)NCCCC(C)O. The van der Waals surface area contributed by atoms with E-state index in [0.29, 0.717) is 30.9 Å². The lowest BCUT2D eigenvalue weighted by atomic mass is 10.1. The van der Waals surface area contributed by atoms with Gasteiger partial charge in [0, 0.05) is 6.54 Å². The van der Waals surface area contributed by atoms with Crippen LogP contribution in [0.5, 0.6) is 5.75 Å². The second-order valence-corrected chi connectivity index (χ2v) is 4.34. The van der Waals surface area contributed by atoms with Gasteiger partial charge >= 0.3 is 0 Å². The van der Waals surface area contributed by atoms with E-state index in [1.54, 1.807) is 31.2 Å². The van der Waals surface area contributed by atoms with Crippen LogP contribution in [0.25, 0.3) is 0 Å². The molecule has 0 saturated carbocycles. The molecule has 0 aliphatic rings. The Morgan fingerprint density at radius 2 is 2.26 bits per heavy atom. The first-order valence-corrected chi connectivity index (χ1v) is 6.44. The van der Waals surface area contributed by atoms with Gasteiger partial charge in [-0.25, -0.2) is 0 Å². The Morgan fingerprint density at radius 3 is 2.95 bits per heavy atom. The number of aliphatic hydroxyl groups excluding tert-OH is 1. The fourth-order valence-electron chi connectivity index (χ4n) is 1.62. The van der Waals surface area contributed by atoms with Gasteiger partial charge in [-0.15, -0.1) is 0 Å². The highest BCUT2D eigenvalue weighted by atomic mass is 16.5. The summed E-state index contributed by atoms with van der Waals surface area (Å²) in [6.07, 6.45) is 2.73. The van der Waals surface area contributed by atoms with Gasteiger partial charge in [0.1, 0.15) is 12.4 Å². The number of hydrogen-bond acceptors (Lipinski definition) is 3. The molecule has 0 aliphatic carbocycles. The van der Waals surface area contributed by atoms with Crippen molar-refractivity contribution in [2.45, 2.75) is 25.9 Å². The standard InChI is InChI=1S/C15H21NO3/c1-3-11-19-14-9-5-4-8-13(14)15(18)16-10-6-7-12(2)17/h3-5,8-9,12,17H,1,6-7,10-11H2,2H3,(H,16,18). The average molecular weight is 263 g/mol. The van der Waals surface area contributed by atoms with E-state index in [1.165, 1.54) is 0 Å². The third kappa shape index (κ3) is 5.57. The van der Waals surface area contributed by atoms with Crippen LogP contribution < -0.4 is 10.1 Å². The molecule has 0 heterocycles. The van der Waals surface area contributed by atoms with Gasteiger partial charge in [0.25, 0.3) is 5.91 Å². The smallest absolute Gasteiger partial charge is 0.255 e. The van der Waals surface area contributed by atoms with Gasteiger partial charge in [-0.05, 0) is 31.9 Å². The number of carbonyl (C=O) groups is 1. The van der Waals surface area contributed by atoms with Crippen molar-refractivity contribution in [1.29, 1.82) is 0 Å². The maximum absolute atomic E-state index is 12.0. The molecular weight excluding hydrogens is 242 g/mol. The molecule has 4 nitrogen and oxygen atoms in total. The van der Waals surface area contributed by atoms with Gasteiger partial charge in [0.05, 0.1) is 11.7 Å². The van der Waals surface area contributed by atoms with Crippen LogP contribution in [0.3, 0.4) is 0 Å². The molecule has 0 radical (unpaired) electrons. The fourth-order valence-corrected chi connectivity index (χ4v) is 1.62. The second kappa shape index (κ2) is 8.32. The van der Waals surface area contributed by atoms with E-state index in [2.05, 4.69) is 11.9 Å². The number of benzene rings is 1. The van der Waals surface area contributed by atoms with Crippen LogP contribution in [0.1, 0.15) is 30.1 Å². The highest BCUT2D eigenvalue weighted by molar-refractivity contribution is 5.96. The van der Waals surface area contributed by atoms with Crippen LogP contribution >= 0.6 is 0 Å². The molecule has 0 saturated heterocycles. The summed E-state index contributed by atoms with van der Waals surface area (Å²) < 4.78 is 5.43. The van der Waals surface area contributed by atoms with E-state index in [1.807, 2.05) is 6.07 Å². The summed E-state index contributed by atoms with van der Waals surface area (Å²) in [6.45, 7) is 6.22. The topological polar surface area (TPSA) is 58.6 Å². The van der Waals surface area contributed by atoms with Crippen LogP contribution in [0, 0.1) is 0 Å². The van der Waals surface area contributed by atoms with Crippen LogP contribution in [0.4, 0.5) is 0 Å². The van der Waals surface area contributed by atoms with E-state index >= 15 is 0 Å². The van der Waals surface area contributed by atoms with Crippen molar-refractivity contribution in [2.75, 3.05) is 13.2 Å². The van der Waals surface area contributed by atoms with Crippen LogP contribution in [0.2, 0.25) is 0 Å². The quantitative estimate of drug-likeness (QED) is 0.558. The predicted octanol–water partition coefficient (Wildman–Crippen LogP) is 2.14. The molecule has 1 aromatic rings. The first-order chi connectivity index (χ1) is 9.15. The van der Waals surface area contributed by atoms with Crippen molar-refractivity contribution < 1.29 is 14.6 Å². The normalized spacial score (nSPS) is 11.7. The summed E-state index contributed by atoms with van der Waals surface area (Å²) in [4.78, 5) is 12.0. The maximum Gasteiger partial charge on any atom is 0.255 e. The molecule has 0 aromatic heterocycles. The van der Waals surface area contributed by atoms with Gasteiger partial charge < -0.3 is 15.2 Å². The minimum atomic E-state index is -0.333. The molecule has 0 fully saturated rings. The number of ether oxygens (including phenoxy) is 1. The first-order valence-electron chi connectivity index (χ1n) is 6.44. The lowest BCUT2D eigenvalue weighted by molar-refractivity contribution is 0.0946. The summed E-state index contributed by atoms with van der Waals surface area (Å²) >= 11 is 0. The van der Waals surface area contributed by atoms with E-state index in [4.69, 9.17) is 9.84 Å². The first kappa shape index (κ1) is 15.2. The molecule has 1 aromatic carbocycles. The Balaban J connectivity index is 2.53. The van der Waals surface area contributed by atoms with Crippen LogP contribution in [-0.4, -0.2) is 30.3 Å². The maximum atomic E-state index is 12.0. The van der Waals surface area contributed by atoms with Crippen molar-refractivity contribution in [3.8, 4) is 5.75 Å². The minimum Gasteiger partial charge on any atom is -0.489 e. The van der Waals surface area contributed by atoms with E-state index < -0.39 is 0 Å². The van der Waals surface area contributed by atoms with E-state index in [9.17, 15) is 4.79 Å². The lowest BCUT2D eigenvalue weighted by Gasteiger charge is -2.10. The number of nitrogens with one attached hydrogen (secondary N) is 1. The Labute approximate surface area is 114 Å². The molecule has 1 unspecified atom stereocenters. The number of rotatable bonds is 8. The third-order valence-electron chi connectivity index (χ3n) is 2.57. The molecule has 0 bridgehead atoms. The lowest BCUT2D eigenvalue weighted by Crippen LogP contribution is -2.25. The molecular formula is C15H21NO3. The van der Waals surface area contributed by atoms with Crippen molar-refractivity contribution in [2.24, 2.45) is 0 Å². The van der Waals surface area contributed by atoms with Gasteiger partial charge in [0.2, 0.25) is 0 Å². The highest BCUT2D eigenvalue weighted by Crippen LogP contribution is 2.17. The number of aliphatic hydroxyl groups is 1. The highest BCUT2D eigenvalue weighted by Gasteiger charge is 2.11. The summed E-state index contributed by atoms with van der Waals surface area (Å²) in [7, 11) is 0. The van der Waals surface area contributed by atoms with Gasteiger partial charge in [0.15, 0.2) is 0 Å². The predicted molar refractivity (Wildman–Crippen MR) is 75.4 cm³/mol. The van der Waals surface area contributed by atoms with E-state index in [0.717, 1.165) is 6.42 Å². The summed E-state index contributed by atoms with van der Waals surface area (Å²) in [5, 5.41) is 11.9. The number of para-hydroxylation sites is 1. The molecule has 4 heteroatoms. The Hall–Kier alpha value is -1.81. The van der Waals surface area contributed by atoms with Crippen molar-refractivity contribution >= 4 is 5.91 Å². The van der Waals surface area contributed by atoms with Crippen LogP contribution in [0.15, 0.2) is 36.9 Å². The molecule has 19 heavy (non-hydrogen) atoms. The van der Waals surface area contributed by atoms with Crippen LogP contribution in [-0.2, 0) is 0 Å². The van der Waals surface area contributed by atoms with Crippen molar-refractivity contribution in [1.82, 2.24) is 5.32 Å². The zero-order valence-electron chi connectivity index (χ0n) is 11.3. The van der Waals surface area contributed by atoms with Crippen molar-refractivity contribution in [3.63, 3.8) is 0 Å².